The summed E-state index contributed by atoms with van der Waals surface area (Å²) in [5.41, 5.74) is 10.7. The topological polar surface area (TPSA) is 78.7 Å². The third-order valence-corrected chi connectivity index (χ3v) is 6.61. The molecule has 1 heterocycles. The molecule has 1 fully saturated rings. The number of hydrogen-bond donors (Lipinski definition) is 2. The van der Waals surface area contributed by atoms with Gasteiger partial charge in [0.2, 0.25) is 0 Å². The summed E-state index contributed by atoms with van der Waals surface area (Å²) in [7, 11) is 2.17. The fraction of sp³-hybridized carbons (Fsp3) is 0.440. The minimum atomic E-state index is -0.654. The van der Waals surface area contributed by atoms with Gasteiger partial charge in [-0.05, 0) is 75.4 Å². The van der Waals surface area contributed by atoms with Gasteiger partial charge in [-0.2, -0.15) is 0 Å². The van der Waals surface area contributed by atoms with Crippen LogP contribution in [0, 0.1) is 20.8 Å². The molecule has 2 aromatic carbocycles. The predicted molar refractivity (Wildman–Crippen MR) is 133 cm³/mol. The first kappa shape index (κ1) is 25.7. The number of nitrogens with one attached hydrogen (secondary N) is 1. The second kappa shape index (κ2) is 11.3. The van der Waals surface area contributed by atoms with E-state index in [4.69, 9.17) is 5.73 Å². The standard InChI is InChI=1S/C25H34N4O2.ClH/c1-17-16-22(23(27-25(26)31)19(3)18(17)2)24(30)29-14-11-21(12-15-29)28(4)13-10-20-8-6-5-7-9-20;/h5-9,16,21H,10-15H2,1-4H3,(H3,26,27,31);1H. The monoisotopic (exact) mass is 458 g/mol. The molecule has 0 radical (unpaired) electrons. The zero-order valence-corrected chi connectivity index (χ0v) is 20.3. The highest BCUT2D eigenvalue weighted by Crippen LogP contribution is 2.29. The number of primary amides is 1. The van der Waals surface area contributed by atoms with Crippen LogP contribution in [0.15, 0.2) is 36.4 Å². The number of likely N-dealkylation sites (tertiary alicyclic amines) is 1. The average molecular weight is 459 g/mol. The largest absolute Gasteiger partial charge is 0.351 e. The maximum atomic E-state index is 13.3. The van der Waals surface area contributed by atoms with Crippen LogP contribution in [0.3, 0.4) is 0 Å². The van der Waals surface area contributed by atoms with Gasteiger partial charge in [0, 0.05) is 25.7 Å². The highest BCUT2D eigenvalue weighted by molar-refractivity contribution is 6.04. The Labute approximate surface area is 197 Å². The lowest BCUT2D eigenvalue weighted by Gasteiger charge is -2.37. The summed E-state index contributed by atoms with van der Waals surface area (Å²) in [5, 5.41) is 2.67. The third-order valence-electron chi connectivity index (χ3n) is 6.61. The first-order valence-corrected chi connectivity index (χ1v) is 11.0. The number of nitrogens with zero attached hydrogens (tertiary/aromatic N) is 2. The summed E-state index contributed by atoms with van der Waals surface area (Å²) in [5.74, 6) is -0.0414. The molecule has 6 nitrogen and oxygen atoms in total. The zero-order chi connectivity index (χ0) is 22.5. The van der Waals surface area contributed by atoms with Gasteiger partial charge in [0.25, 0.3) is 5.91 Å². The number of benzene rings is 2. The number of halogens is 1. The number of rotatable bonds is 6. The molecule has 7 heteroatoms. The second-order valence-corrected chi connectivity index (χ2v) is 8.59. The summed E-state index contributed by atoms with van der Waals surface area (Å²) in [6, 6.07) is 12.2. The molecule has 1 aliphatic rings. The minimum absolute atomic E-state index is 0. The van der Waals surface area contributed by atoms with Crippen molar-refractivity contribution in [2.75, 3.05) is 32.0 Å². The van der Waals surface area contributed by atoms with E-state index in [9.17, 15) is 9.59 Å². The van der Waals surface area contributed by atoms with E-state index in [1.807, 2.05) is 37.8 Å². The van der Waals surface area contributed by atoms with E-state index in [0.717, 1.165) is 42.5 Å². The molecule has 0 aliphatic carbocycles. The number of carbonyl (C=O) groups is 2. The van der Waals surface area contributed by atoms with E-state index in [0.29, 0.717) is 30.4 Å². The smallest absolute Gasteiger partial charge is 0.316 e. The Hall–Kier alpha value is -2.57. The first-order chi connectivity index (χ1) is 14.8. The normalized spacial score (nSPS) is 14.2. The van der Waals surface area contributed by atoms with Crippen molar-refractivity contribution < 1.29 is 9.59 Å². The molecule has 0 bridgehead atoms. The summed E-state index contributed by atoms with van der Waals surface area (Å²) in [6.45, 7) is 8.31. The third kappa shape index (κ3) is 6.02. The molecular formula is C25H35ClN4O2. The van der Waals surface area contributed by atoms with Gasteiger partial charge in [0.1, 0.15) is 0 Å². The van der Waals surface area contributed by atoms with Crippen LogP contribution in [0.1, 0.15) is 45.5 Å². The number of carbonyl (C=O) groups excluding carboxylic acids is 2. The van der Waals surface area contributed by atoms with Crippen molar-refractivity contribution in [3.63, 3.8) is 0 Å². The van der Waals surface area contributed by atoms with Crippen LogP contribution in [0.2, 0.25) is 0 Å². The Balaban J connectivity index is 0.00000363. The number of aryl methyl sites for hydroxylation is 1. The van der Waals surface area contributed by atoms with Gasteiger partial charge >= 0.3 is 6.03 Å². The highest BCUT2D eigenvalue weighted by Gasteiger charge is 2.28. The zero-order valence-electron chi connectivity index (χ0n) is 19.5. The van der Waals surface area contributed by atoms with Crippen LogP contribution in [-0.2, 0) is 6.42 Å². The maximum Gasteiger partial charge on any atom is 0.316 e. The number of urea groups is 1. The highest BCUT2D eigenvalue weighted by atomic mass is 35.5. The molecule has 0 aromatic heterocycles. The van der Waals surface area contributed by atoms with Crippen molar-refractivity contribution in [1.82, 2.24) is 9.80 Å². The van der Waals surface area contributed by atoms with Crippen LogP contribution in [-0.4, -0.2) is 54.5 Å². The van der Waals surface area contributed by atoms with Gasteiger partial charge in [0.15, 0.2) is 0 Å². The fourth-order valence-corrected chi connectivity index (χ4v) is 4.35. The fourth-order valence-electron chi connectivity index (χ4n) is 4.35. The van der Waals surface area contributed by atoms with Crippen LogP contribution >= 0.6 is 12.4 Å². The lowest BCUT2D eigenvalue weighted by Crippen LogP contribution is -2.46. The molecule has 3 amide bonds. The van der Waals surface area contributed by atoms with Gasteiger partial charge in [-0.15, -0.1) is 12.4 Å². The Morgan fingerprint density at radius 3 is 2.31 bits per heavy atom. The van der Waals surface area contributed by atoms with Crippen LogP contribution < -0.4 is 11.1 Å². The van der Waals surface area contributed by atoms with Crippen LogP contribution in [0.25, 0.3) is 0 Å². The number of amides is 3. The molecule has 32 heavy (non-hydrogen) atoms. The number of piperidine rings is 1. The molecular weight excluding hydrogens is 424 g/mol. The van der Waals surface area contributed by atoms with Crippen molar-refractivity contribution in [3.05, 3.63) is 64.2 Å². The van der Waals surface area contributed by atoms with Crippen LogP contribution in [0.5, 0.6) is 0 Å². The van der Waals surface area contributed by atoms with Crippen molar-refractivity contribution in [1.29, 1.82) is 0 Å². The van der Waals surface area contributed by atoms with Gasteiger partial charge in [0.05, 0.1) is 11.3 Å². The molecule has 3 N–H and O–H groups in total. The van der Waals surface area contributed by atoms with E-state index in [1.54, 1.807) is 0 Å². The minimum Gasteiger partial charge on any atom is -0.351 e. The quantitative estimate of drug-likeness (QED) is 0.677. The molecule has 0 unspecified atom stereocenters. The number of hydrogen-bond acceptors (Lipinski definition) is 3. The van der Waals surface area contributed by atoms with Crippen LogP contribution in [0.4, 0.5) is 10.5 Å². The van der Waals surface area contributed by atoms with Crippen molar-refractivity contribution in [3.8, 4) is 0 Å². The van der Waals surface area contributed by atoms with Gasteiger partial charge < -0.3 is 20.9 Å². The Morgan fingerprint density at radius 2 is 1.72 bits per heavy atom. The summed E-state index contributed by atoms with van der Waals surface area (Å²) in [6.07, 6.45) is 2.92. The van der Waals surface area contributed by atoms with Crippen molar-refractivity contribution in [2.45, 2.75) is 46.1 Å². The molecule has 0 spiro atoms. The number of nitrogens with two attached hydrogens (primary N) is 1. The molecule has 2 aromatic rings. The Morgan fingerprint density at radius 1 is 1.09 bits per heavy atom. The van der Waals surface area contributed by atoms with E-state index < -0.39 is 6.03 Å². The number of anilines is 1. The Bertz CT molecular complexity index is 941. The van der Waals surface area contributed by atoms with E-state index in [2.05, 4.69) is 41.5 Å². The van der Waals surface area contributed by atoms with E-state index in [1.165, 1.54) is 5.56 Å². The van der Waals surface area contributed by atoms with E-state index >= 15 is 0 Å². The lowest BCUT2D eigenvalue weighted by molar-refractivity contribution is 0.0647. The van der Waals surface area contributed by atoms with Gasteiger partial charge in [-0.1, -0.05) is 30.3 Å². The summed E-state index contributed by atoms with van der Waals surface area (Å²) >= 11 is 0. The number of likely N-dealkylation sites (N-methyl/N-ethyl adjacent to an activating group) is 1. The molecule has 3 rings (SSSR count). The molecule has 174 valence electrons. The maximum absolute atomic E-state index is 13.3. The van der Waals surface area contributed by atoms with Gasteiger partial charge in [-0.3, -0.25) is 4.79 Å². The molecule has 1 aliphatic heterocycles. The summed E-state index contributed by atoms with van der Waals surface area (Å²) < 4.78 is 0. The molecule has 0 atom stereocenters. The van der Waals surface area contributed by atoms with Crippen molar-refractivity contribution >= 4 is 30.0 Å². The van der Waals surface area contributed by atoms with Gasteiger partial charge in [-0.25, -0.2) is 4.79 Å². The van der Waals surface area contributed by atoms with Crippen molar-refractivity contribution in [2.24, 2.45) is 5.73 Å². The first-order valence-electron chi connectivity index (χ1n) is 11.0. The van der Waals surface area contributed by atoms with E-state index in [-0.39, 0.29) is 18.3 Å². The predicted octanol–water partition coefficient (Wildman–Crippen LogP) is 4.30. The lowest BCUT2D eigenvalue weighted by atomic mass is 9.95. The molecule has 0 saturated carbocycles. The summed E-state index contributed by atoms with van der Waals surface area (Å²) in [4.78, 5) is 29.2. The molecule has 1 saturated heterocycles. The SMILES string of the molecule is Cc1cc(C(=O)N2CCC(N(C)CCc3ccccc3)CC2)c(NC(N)=O)c(C)c1C.Cl. The Kier molecular flexibility index (Phi) is 9.10. The second-order valence-electron chi connectivity index (χ2n) is 8.59. The average Bonchev–Trinajstić information content (AvgIpc) is 2.78.